The van der Waals surface area contributed by atoms with Crippen LogP contribution in [0.4, 0.5) is 4.79 Å². The van der Waals surface area contributed by atoms with Gasteiger partial charge in [0, 0.05) is 26.2 Å². The van der Waals surface area contributed by atoms with Crippen molar-refractivity contribution in [2.45, 2.75) is 37.8 Å². The van der Waals surface area contributed by atoms with Crippen LogP contribution < -0.4 is 0 Å². The van der Waals surface area contributed by atoms with Crippen molar-refractivity contribution in [3.8, 4) is 0 Å². The molecule has 0 spiro atoms. The topological polar surface area (TPSA) is 32.8 Å². The van der Waals surface area contributed by atoms with Crippen molar-refractivity contribution in [3.63, 3.8) is 0 Å². The lowest BCUT2D eigenvalue weighted by Gasteiger charge is -2.23. The van der Waals surface area contributed by atoms with Gasteiger partial charge in [0.25, 0.3) is 0 Å². The summed E-state index contributed by atoms with van der Waals surface area (Å²) in [6, 6.07) is 1.24. The normalized spacial score (nSPS) is 30.3. The number of rotatable bonds is 2. The first kappa shape index (κ1) is 10.7. The van der Waals surface area contributed by atoms with Gasteiger partial charge in [-0.25, -0.2) is 4.79 Å². The summed E-state index contributed by atoms with van der Waals surface area (Å²) in [5, 5.41) is 0. The molecule has 0 bridgehead atoms. The molecule has 4 heteroatoms. The summed E-state index contributed by atoms with van der Waals surface area (Å²) in [7, 11) is 3.44. The maximum atomic E-state index is 11.3. The number of carbonyl (C=O) groups excluding carboxylic acids is 1. The van der Waals surface area contributed by atoms with Crippen molar-refractivity contribution in [1.82, 2.24) is 9.80 Å². The van der Waals surface area contributed by atoms with Gasteiger partial charge in [-0.15, -0.1) is 0 Å². The van der Waals surface area contributed by atoms with Gasteiger partial charge in [0.1, 0.15) is 6.61 Å². The van der Waals surface area contributed by atoms with Crippen LogP contribution in [0.3, 0.4) is 0 Å². The van der Waals surface area contributed by atoms with Crippen LogP contribution in [0.15, 0.2) is 0 Å². The van der Waals surface area contributed by atoms with Gasteiger partial charge in [0.05, 0.1) is 0 Å². The van der Waals surface area contributed by atoms with Gasteiger partial charge in [-0.05, 0) is 32.2 Å². The molecule has 0 aromatic carbocycles. The minimum Gasteiger partial charge on any atom is -0.448 e. The van der Waals surface area contributed by atoms with E-state index in [-0.39, 0.29) is 6.09 Å². The Hall–Kier alpha value is -0.770. The quantitative estimate of drug-likeness (QED) is 0.692. The van der Waals surface area contributed by atoms with Crippen LogP contribution >= 0.6 is 0 Å². The molecule has 0 radical (unpaired) electrons. The highest BCUT2D eigenvalue weighted by atomic mass is 16.6. The molecule has 2 rings (SSSR count). The molecule has 2 aliphatic heterocycles. The lowest BCUT2D eigenvalue weighted by atomic mass is 10.1. The first-order chi connectivity index (χ1) is 7.18. The summed E-state index contributed by atoms with van der Waals surface area (Å²) in [6.45, 7) is 1.75. The average molecular weight is 212 g/mol. The van der Waals surface area contributed by atoms with Gasteiger partial charge in [0.15, 0.2) is 0 Å². The van der Waals surface area contributed by atoms with Crippen molar-refractivity contribution >= 4 is 6.09 Å². The third-order valence-corrected chi connectivity index (χ3v) is 3.49. The lowest BCUT2D eigenvalue weighted by molar-refractivity contribution is 0.0861. The molecule has 86 valence electrons. The minimum atomic E-state index is -0.224. The zero-order valence-corrected chi connectivity index (χ0v) is 9.61. The van der Waals surface area contributed by atoms with E-state index < -0.39 is 0 Å². The van der Waals surface area contributed by atoms with Gasteiger partial charge in [-0.2, -0.15) is 0 Å². The fraction of sp³-hybridized carbons (Fsp3) is 0.909. The Bertz CT molecular complexity index is 243. The number of carbonyl (C=O) groups is 1. The van der Waals surface area contributed by atoms with E-state index in [1.807, 2.05) is 0 Å². The fourth-order valence-electron chi connectivity index (χ4n) is 2.68. The maximum Gasteiger partial charge on any atom is 0.409 e. The first-order valence-corrected chi connectivity index (χ1v) is 5.78. The van der Waals surface area contributed by atoms with Crippen molar-refractivity contribution in [1.29, 1.82) is 0 Å². The van der Waals surface area contributed by atoms with Gasteiger partial charge in [-0.1, -0.05) is 0 Å². The first-order valence-electron chi connectivity index (χ1n) is 5.78. The standard InChI is InChI=1S/C11H20N2O2/c1-12(2)11(14)15-8-10-6-5-9-4-3-7-13(9)10/h9-10H,3-8H2,1-2H3/t9?,10-/m0/s1. The number of hydrogen-bond donors (Lipinski definition) is 0. The van der Waals surface area contributed by atoms with E-state index >= 15 is 0 Å². The fourth-order valence-corrected chi connectivity index (χ4v) is 2.68. The smallest absolute Gasteiger partial charge is 0.409 e. The van der Waals surface area contributed by atoms with Crippen LogP contribution in [0, 0.1) is 0 Å². The lowest BCUT2D eigenvalue weighted by Crippen LogP contribution is -2.36. The Morgan fingerprint density at radius 3 is 2.93 bits per heavy atom. The number of nitrogens with zero attached hydrogens (tertiary/aromatic N) is 2. The predicted molar refractivity (Wildman–Crippen MR) is 57.8 cm³/mol. The Labute approximate surface area is 91.2 Å². The third kappa shape index (κ3) is 2.25. The number of amides is 1. The molecule has 1 amide bonds. The van der Waals surface area contributed by atoms with E-state index in [1.165, 1.54) is 37.1 Å². The van der Waals surface area contributed by atoms with Crippen LogP contribution in [0.2, 0.25) is 0 Å². The predicted octanol–water partition coefficient (Wildman–Crippen LogP) is 1.31. The largest absolute Gasteiger partial charge is 0.448 e. The molecule has 2 heterocycles. The Balaban J connectivity index is 1.78. The van der Waals surface area contributed by atoms with Crippen molar-refractivity contribution in [3.05, 3.63) is 0 Å². The summed E-state index contributed by atoms with van der Waals surface area (Å²) in [5.74, 6) is 0. The molecule has 4 nitrogen and oxygen atoms in total. The van der Waals surface area contributed by atoms with Crippen molar-refractivity contribution < 1.29 is 9.53 Å². The molecule has 0 N–H and O–H groups in total. The third-order valence-electron chi connectivity index (χ3n) is 3.49. The molecule has 2 fully saturated rings. The van der Waals surface area contributed by atoms with Crippen LogP contribution in [0.5, 0.6) is 0 Å². The highest BCUT2D eigenvalue weighted by molar-refractivity contribution is 5.66. The molecule has 0 aliphatic carbocycles. The highest BCUT2D eigenvalue weighted by Gasteiger charge is 2.36. The molecular formula is C11H20N2O2. The Morgan fingerprint density at radius 1 is 1.40 bits per heavy atom. The molecule has 2 atom stereocenters. The molecule has 1 unspecified atom stereocenters. The zero-order chi connectivity index (χ0) is 10.8. The summed E-state index contributed by atoms with van der Waals surface area (Å²) < 4.78 is 5.24. The Morgan fingerprint density at radius 2 is 2.20 bits per heavy atom. The summed E-state index contributed by atoms with van der Waals surface area (Å²) in [6.07, 6.45) is 4.88. The van der Waals surface area contributed by atoms with E-state index in [1.54, 1.807) is 14.1 Å². The van der Waals surface area contributed by atoms with Crippen molar-refractivity contribution in [2.75, 3.05) is 27.2 Å². The average Bonchev–Trinajstić information content (AvgIpc) is 2.76. The second kappa shape index (κ2) is 4.39. The van der Waals surface area contributed by atoms with Crippen LogP contribution in [-0.4, -0.2) is 55.2 Å². The van der Waals surface area contributed by atoms with E-state index in [0.717, 1.165) is 6.04 Å². The Kier molecular flexibility index (Phi) is 3.14. The van der Waals surface area contributed by atoms with Gasteiger partial charge in [0.2, 0.25) is 0 Å². The highest BCUT2D eigenvalue weighted by Crippen LogP contribution is 2.32. The molecule has 15 heavy (non-hydrogen) atoms. The maximum absolute atomic E-state index is 11.3. The molecule has 2 saturated heterocycles. The minimum absolute atomic E-state index is 0.224. The molecule has 0 aromatic rings. The van der Waals surface area contributed by atoms with Gasteiger partial charge >= 0.3 is 6.09 Å². The van der Waals surface area contributed by atoms with Gasteiger partial charge < -0.3 is 9.64 Å². The van der Waals surface area contributed by atoms with Crippen LogP contribution in [-0.2, 0) is 4.74 Å². The number of hydrogen-bond acceptors (Lipinski definition) is 3. The summed E-state index contributed by atoms with van der Waals surface area (Å²) in [5.41, 5.74) is 0. The number of ether oxygens (including phenoxy) is 1. The molecular weight excluding hydrogens is 192 g/mol. The molecule has 2 aliphatic rings. The second-order valence-corrected chi connectivity index (χ2v) is 4.74. The monoisotopic (exact) mass is 212 g/mol. The van der Waals surface area contributed by atoms with E-state index in [2.05, 4.69) is 4.90 Å². The van der Waals surface area contributed by atoms with Crippen LogP contribution in [0.25, 0.3) is 0 Å². The summed E-state index contributed by atoms with van der Waals surface area (Å²) >= 11 is 0. The molecule has 0 saturated carbocycles. The number of fused-ring (bicyclic) bond motifs is 1. The van der Waals surface area contributed by atoms with Gasteiger partial charge in [-0.3, -0.25) is 4.90 Å². The van der Waals surface area contributed by atoms with Crippen molar-refractivity contribution in [2.24, 2.45) is 0 Å². The van der Waals surface area contributed by atoms with E-state index in [0.29, 0.717) is 12.6 Å². The van der Waals surface area contributed by atoms with E-state index in [4.69, 9.17) is 4.74 Å². The second-order valence-electron chi connectivity index (χ2n) is 4.74. The van der Waals surface area contributed by atoms with Crippen LogP contribution in [0.1, 0.15) is 25.7 Å². The van der Waals surface area contributed by atoms with E-state index in [9.17, 15) is 4.79 Å². The summed E-state index contributed by atoms with van der Waals surface area (Å²) in [4.78, 5) is 15.3. The molecule has 0 aromatic heterocycles. The zero-order valence-electron chi connectivity index (χ0n) is 9.61. The SMILES string of the molecule is CN(C)C(=O)OC[C@@H]1CCC2CCCN21.